The van der Waals surface area contributed by atoms with Crippen LogP contribution in [0.4, 0.5) is 5.69 Å². The first-order valence-corrected chi connectivity index (χ1v) is 13.5. The van der Waals surface area contributed by atoms with E-state index in [0.717, 1.165) is 0 Å². The molecule has 11 nitrogen and oxygen atoms in total. The highest BCUT2D eigenvalue weighted by Gasteiger charge is 2.20. The van der Waals surface area contributed by atoms with E-state index in [0.29, 0.717) is 40.7 Å². The fourth-order valence-corrected chi connectivity index (χ4v) is 4.12. The van der Waals surface area contributed by atoms with Crippen LogP contribution >= 0.6 is 0 Å². The van der Waals surface area contributed by atoms with E-state index < -0.39 is 11.9 Å². The Morgan fingerprint density at radius 1 is 0.727 bits per heavy atom. The van der Waals surface area contributed by atoms with Gasteiger partial charge in [0.2, 0.25) is 5.75 Å². The summed E-state index contributed by atoms with van der Waals surface area (Å²) in [6, 6.07) is 23.1. The molecule has 0 unspecified atom stereocenters. The van der Waals surface area contributed by atoms with Crippen LogP contribution in [0.1, 0.15) is 43.6 Å². The van der Waals surface area contributed by atoms with Crippen molar-refractivity contribution in [2.75, 3.05) is 33.3 Å². The van der Waals surface area contributed by atoms with Crippen LogP contribution in [-0.2, 0) is 0 Å². The second kappa shape index (κ2) is 14.9. The fraction of sp³-hybridized carbons (Fsp3) is 0.152. The molecule has 0 aliphatic rings. The van der Waals surface area contributed by atoms with Crippen molar-refractivity contribution in [1.29, 1.82) is 0 Å². The molecule has 0 fully saturated rings. The highest BCUT2D eigenvalue weighted by atomic mass is 16.6. The van der Waals surface area contributed by atoms with Gasteiger partial charge in [-0.1, -0.05) is 30.3 Å². The van der Waals surface area contributed by atoms with E-state index in [1.807, 2.05) is 6.07 Å². The normalized spacial score (nSPS) is 10.5. The summed E-state index contributed by atoms with van der Waals surface area (Å²) in [5.74, 6) is -0.116. The monoisotopic (exact) mass is 597 g/mol. The third kappa shape index (κ3) is 7.51. The zero-order valence-electron chi connectivity index (χ0n) is 24.6. The smallest absolute Gasteiger partial charge is 0.343 e. The second-order valence-corrected chi connectivity index (χ2v) is 9.01. The standard InChI is InChI=1S/C33H31N3O8/c1-5-43-27-17-21(15-16-26(27)44-33(39)23-18-28(40-2)30(42-4)29(19-23)41-3)20-34-36-32(38)24-13-9-10-14-25(24)35-31(37)22-11-7-6-8-12-22/h6-20H,5H2,1-4H3,(H,35,37)(H,36,38)/b34-20-. The molecule has 0 aliphatic heterocycles. The largest absolute Gasteiger partial charge is 0.493 e. The average molecular weight is 598 g/mol. The third-order valence-corrected chi connectivity index (χ3v) is 6.21. The number of benzene rings is 4. The summed E-state index contributed by atoms with van der Waals surface area (Å²) in [5, 5.41) is 6.81. The fourth-order valence-electron chi connectivity index (χ4n) is 4.12. The molecular weight excluding hydrogens is 566 g/mol. The molecule has 4 aromatic rings. The Balaban J connectivity index is 1.47. The molecule has 0 aromatic heterocycles. The molecule has 226 valence electrons. The first-order chi connectivity index (χ1) is 21.4. The van der Waals surface area contributed by atoms with Gasteiger partial charge in [-0.15, -0.1) is 0 Å². The summed E-state index contributed by atoms with van der Waals surface area (Å²) in [6.07, 6.45) is 1.41. The van der Waals surface area contributed by atoms with Gasteiger partial charge in [0, 0.05) is 5.56 Å². The van der Waals surface area contributed by atoms with Crippen molar-refractivity contribution in [3.8, 4) is 28.7 Å². The Bertz CT molecular complexity index is 1650. The number of carbonyl (C=O) groups excluding carboxylic acids is 3. The SMILES string of the molecule is CCOc1cc(/C=N\NC(=O)c2ccccc2NC(=O)c2ccccc2)ccc1OC(=O)c1cc(OC)c(OC)c(OC)c1. The van der Waals surface area contributed by atoms with E-state index in [1.165, 1.54) is 39.7 Å². The van der Waals surface area contributed by atoms with Crippen LogP contribution in [0.15, 0.2) is 90.0 Å². The van der Waals surface area contributed by atoms with Crippen molar-refractivity contribution < 1.29 is 38.1 Å². The molecule has 0 atom stereocenters. The number of rotatable bonds is 12. The number of nitrogens with zero attached hydrogens (tertiary/aromatic N) is 1. The van der Waals surface area contributed by atoms with Gasteiger partial charge in [0.15, 0.2) is 23.0 Å². The minimum absolute atomic E-state index is 0.176. The van der Waals surface area contributed by atoms with Gasteiger partial charge >= 0.3 is 5.97 Å². The predicted molar refractivity (Wildman–Crippen MR) is 165 cm³/mol. The Kier molecular flexibility index (Phi) is 10.5. The first kappa shape index (κ1) is 31.1. The number of ether oxygens (including phenoxy) is 5. The van der Waals surface area contributed by atoms with Crippen LogP contribution in [0.5, 0.6) is 28.7 Å². The van der Waals surface area contributed by atoms with Crippen LogP contribution in [0, 0.1) is 0 Å². The molecule has 0 saturated carbocycles. The van der Waals surface area contributed by atoms with Gasteiger partial charge in [-0.25, -0.2) is 10.2 Å². The number of hydrazone groups is 1. The molecule has 44 heavy (non-hydrogen) atoms. The van der Waals surface area contributed by atoms with Crippen LogP contribution in [-0.4, -0.2) is 51.9 Å². The van der Waals surface area contributed by atoms with E-state index in [1.54, 1.807) is 73.7 Å². The lowest BCUT2D eigenvalue weighted by Gasteiger charge is -2.15. The molecule has 4 aromatic carbocycles. The summed E-state index contributed by atoms with van der Waals surface area (Å²) in [5.41, 5.74) is 4.24. The molecule has 0 spiro atoms. The molecule has 2 amide bonds. The molecule has 2 N–H and O–H groups in total. The van der Waals surface area contributed by atoms with Crippen LogP contribution in [0.25, 0.3) is 0 Å². The zero-order chi connectivity index (χ0) is 31.5. The molecule has 4 rings (SSSR count). The Morgan fingerprint density at radius 2 is 1.41 bits per heavy atom. The van der Waals surface area contributed by atoms with Crippen LogP contribution in [0.3, 0.4) is 0 Å². The number of hydrogen-bond acceptors (Lipinski definition) is 9. The van der Waals surface area contributed by atoms with E-state index in [9.17, 15) is 14.4 Å². The average Bonchev–Trinajstić information content (AvgIpc) is 3.05. The molecule has 11 heteroatoms. The van der Waals surface area contributed by atoms with Crippen molar-refractivity contribution >= 4 is 29.7 Å². The maximum absolute atomic E-state index is 13.0. The molecule has 0 aliphatic carbocycles. The lowest BCUT2D eigenvalue weighted by atomic mass is 10.1. The topological polar surface area (TPSA) is 134 Å². The van der Waals surface area contributed by atoms with Crippen molar-refractivity contribution in [2.24, 2.45) is 5.10 Å². The van der Waals surface area contributed by atoms with Gasteiger partial charge in [-0.05, 0) is 67.1 Å². The second-order valence-electron chi connectivity index (χ2n) is 9.01. The van der Waals surface area contributed by atoms with Crippen molar-refractivity contribution in [3.05, 3.63) is 107 Å². The van der Waals surface area contributed by atoms with Gasteiger partial charge in [0.1, 0.15) is 0 Å². The number of carbonyl (C=O) groups is 3. The van der Waals surface area contributed by atoms with Gasteiger partial charge in [-0.3, -0.25) is 9.59 Å². The Hall–Kier alpha value is -5.84. The predicted octanol–water partition coefficient (Wildman–Crippen LogP) is 5.35. The summed E-state index contributed by atoms with van der Waals surface area (Å²) >= 11 is 0. The van der Waals surface area contributed by atoms with Crippen molar-refractivity contribution in [2.45, 2.75) is 6.92 Å². The molecule has 0 bridgehead atoms. The Labute approximate surface area is 254 Å². The maximum Gasteiger partial charge on any atom is 0.343 e. The summed E-state index contributed by atoms with van der Waals surface area (Å²) < 4.78 is 27.3. The van der Waals surface area contributed by atoms with Gasteiger partial charge in [0.25, 0.3) is 11.8 Å². The minimum Gasteiger partial charge on any atom is -0.493 e. The number of methoxy groups -OCH3 is 3. The van der Waals surface area contributed by atoms with E-state index >= 15 is 0 Å². The summed E-state index contributed by atoms with van der Waals surface area (Å²) in [6.45, 7) is 2.09. The highest BCUT2D eigenvalue weighted by molar-refractivity contribution is 6.09. The zero-order valence-corrected chi connectivity index (χ0v) is 24.6. The van der Waals surface area contributed by atoms with Crippen molar-refractivity contribution in [1.82, 2.24) is 5.43 Å². The van der Waals surface area contributed by atoms with Crippen LogP contribution in [0.2, 0.25) is 0 Å². The van der Waals surface area contributed by atoms with Gasteiger partial charge < -0.3 is 29.0 Å². The summed E-state index contributed by atoms with van der Waals surface area (Å²) in [7, 11) is 4.37. The van der Waals surface area contributed by atoms with E-state index in [4.69, 9.17) is 23.7 Å². The van der Waals surface area contributed by atoms with Crippen LogP contribution < -0.4 is 34.4 Å². The molecule has 0 radical (unpaired) electrons. The first-order valence-electron chi connectivity index (χ1n) is 13.5. The number of esters is 1. The molecular formula is C33H31N3O8. The quantitative estimate of drug-likeness (QED) is 0.0967. The lowest BCUT2D eigenvalue weighted by Crippen LogP contribution is -2.21. The molecule has 0 saturated heterocycles. The van der Waals surface area contributed by atoms with Crippen molar-refractivity contribution in [3.63, 3.8) is 0 Å². The number of nitrogens with one attached hydrogen (secondary N) is 2. The number of amides is 2. The Morgan fingerprint density at radius 3 is 2.07 bits per heavy atom. The lowest BCUT2D eigenvalue weighted by molar-refractivity contribution is 0.0727. The van der Waals surface area contributed by atoms with Gasteiger partial charge in [0.05, 0.1) is 51.0 Å². The maximum atomic E-state index is 13.0. The van der Waals surface area contributed by atoms with Gasteiger partial charge in [-0.2, -0.15) is 5.10 Å². The molecule has 0 heterocycles. The number of para-hydroxylation sites is 1. The number of hydrogen-bond donors (Lipinski definition) is 2. The minimum atomic E-state index is -0.670. The summed E-state index contributed by atoms with van der Waals surface area (Å²) in [4.78, 5) is 38.5. The number of anilines is 1. The van der Waals surface area contributed by atoms with E-state index in [2.05, 4.69) is 15.8 Å². The third-order valence-electron chi connectivity index (χ3n) is 6.21. The highest BCUT2D eigenvalue weighted by Crippen LogP contribution is 2.39. The van der Waals surface area contributed by atoms with E-state index in [-0.39, 0.29) is 28.5 Å².